The van der Waals surface area contributed by atoms with Crippen LogP contribution in [0.4, 0.5) is 0 Å². The molecule has 2 rings (SSSR count). The maximum Gasteiger partial charge on any atom is 0.131 e. The molecule has 0 saturated carbocycles. The van der Waals surface area contributed by atoms with E-state index in [4.69, 9.17) is 4.74 Å². The summed E-state index contributed by atoms with van der Waals surface area (Å²) in [4.78, 5) is 4.21. The third kappa shape index (κ3) is 3.80. The second-order valence-electron chi connectivity index (χ2n) is 3.80. The van der Waals surface area contributed by atoms with Gasteiger partial charge in [-0.3, -0.25) is 0 Å². The fourth-order valence-electron chi connectivity index (χ4n) is 1.55. The first-order valence-corrected chi connectivity index (χ1v) is 7.52. The van der Waals surface area contributed by atoms with Gasteiger partial charge in [0.1, 0.15) is 12.4 Å². The van der Waals surface area contributed by atoms with Crippen molar-refractivity contribution in [1.82, 2.24) is 10.3 Å². The Morgan fingerprint density at radius 1 is 1.44 bits per heavy atom. The molecule has 0 amide bonds. The van der Waals surface area contributed by atoms with E-state index in [1.807, 2.05) is 23.0 Å². The Labute approximate surface area is 119 Å². The highest BCUT2D eigenvalue weighted by atomic mass is 79.9. The number of aromatic nitrogens is 1. The second kappa shape index (κ2) is 6.87. The molecular formula is C13H15BrN2OS. The van der Waals surface area contributed by atoms with Crippen LogP contribution in [0.1, 0.15) is 18.2 Å². The van der Waals surface area contributed by atoms with E-state index in [-0.39, 0.29) is 0 Å². The lowest BCUT2D eigenvalue weighted by Crippen LogP contribution is -2.13. The summed E-state index contributed by atoms with van der Waals surface area (Å²) in [5, 5.41) is 5.31. The molecule has 0 fully saturated rings. The quantitative estimate of drug-likeness (QED) is 0.880. The highest BCUT2D eigenvalue weighted by Gasteiger charge is 2.05. The Bertz CT molecular complexity index is 488. The monoisotopic (exact) mass is 326 g/mol. The largest absolute Gasteiger partial charge is 0.487 e. The van der Waals surface area contributed by atoms with Crippen molar-refractivity contribution in [2.24, 2.45) is 0 Å². The standard InChI is InChI=1S/C13H15BrN2OS/c1-2-15-6-10-5-11(14)3-4-13(10)17-7-12-8-18-9-16-12/h3-5,8-9,15H,2,6-7H2,1H3. The average Bonchev–Trinajstić information content (AvgIpc) is 2.88. The predicted octanol–water partition coefficient (Wildman–Crippen LogP) is 3.59. The van der Waals surface area contributed by atoms with Crippen LogP contribution in [0, 0.1) is 0 Å². The first-order chi connectivity index (χ1) is 8.79. The molecule has 1 N–H and O–H groups in total. The van der Waals surface area contributed by atoms with Crippen LogP contribution in [-0.2, 0) is 13.2 Å². The molecule has 2 aromatic rings. The summed E-state index contributed by atoms with van der Waals surface area (Å²) in [5.41, 5.74) is 3.94. The zero-order chi connectivity index (χ0) is 12.8. The van der Waals surface area contributed by atoms with Crippen molar-refractivity contribution in [3.63, 3.8) is 0 Å². The Morgan fingerprint density at radius 3 is 3.06 bits per heavy atom. The van der Waals surface area contributed by atoms with Crippen LogP contribution >= 0.6 is 27.3 Å². The molecule has 0 aliphatic carbocycles. The number of thiazole rings is 1. The zero-order valence-corrected chi connectivity index (χ0v) is 12.6. The topological polar surface area (TPSA) is 34.1 Å². The smallest absolute Gasteiger partial charge is 0.131 e. The third-order valence-electron chi connectivity index (χ3n) is 2.45. The van der Waals surface area contributed by atoms with Crippen LogP contribution in [0.3, 0.4) is 0 Å². The van der Waals surface area contributed by atoms with Gasteiger partial charge in [-0.15, -0.1) is 11.3 Å². The summed E-state index contributed by atoms with van der Waals surface area (Å²) < 4.78 is 6.88. The average molecular weight is 327 g/mol. The van der Waals surface area contributed by atoms with Gasteiger partial charge in [-0.2, -0.15) is 0 Å². The van der Waals surface area contributed by atoms with Crippen molar-refractivity contribution in [1.29, 1.82) is 0 Å². The Balaban J connectivity index is 2.05. The molecule has 0 aliphatic heterocycles. The molecule has 0 radical (unpaired) electrons. The Morgan fingerprint density at radius 2 is 2.33 bits per heavy atom. The summed E-state index contributed by atoms with van der Waals surface area (Å²) in [7, 11) is 0. The summed E-state index contributed by atoms with van der Waals surface area (Å²) in [5.74, 6) is 0.909. The molecule has 1 aromatic carbocycles. The SMILES string of the molecule is CCNCc1cc(Br)ccc1OCc1cscn1. The minimum Gasteiger partial charge on any atom is -0.487 e. The molecule has 1 heterocycles. The normalized spacial score (nSPS) is 10.6. The molecule has 0 spiro atoms. The Kier molecular flexibility index (Phi) is 5.16. The number of rotatable bonds is 6. The first kappa shape index (κ1) is 13.5. The van der Waals surface area contributed by atoms with Gasteiger partial charge in [-0.1, -0.05) is 22.9 Å². The van der Waals surface area contributed by atoms with Crippen LogP contribution in [0.15, 0.2) is 33.6 Å². The molecule has 3 nitrogen and oxygen atoms in total. The van der Waals surface area contributed by atoms with Crippen molar-refractivity contribution in [3.05, 3.63) is 44.8 Å². The summed E-state index contributed by atoms with van der Waals surface area (Å²) in [6.07, 6.45) is 0. The summed E-state index contributed by atoms with van der Waals surface area (Å²) >= 11 is 5.07. The minimum absolute atomic E-state index is 0.518. The van der Waals surface area contributed by atoms with Crippen LogP contribution in [0.5, 0.6) is 5.75 Å². The van der Waals surface area contributed by atoms with E-state index < -0.39 is 0 Å². The maximum absolute atomic E-state index is 5.82. The number of ether oxygens (including phenoxy) is 1. The first-order valence-electron chi connectivity index (χ1n) is 5.78. The van der Waals surface area contributed by atoms with Crippen LogP contribution < -0.4 is 10.1 Å². The minimum atomic E-state index is 0.518. The van der Waals surface area contributed by atoms with Crippen molar-refractivity contribution in [2.45, 2.75) is 20.1 Å². The van der Waals surface area contributed by atoms with Gasteiger partial charge >= 0.3 is 0 Å². The number of benzene rings is 1. The predicted molar refractivity (Wildman–Crippen MR) is 78.0 cm³/mol. The van der Waals surface area contributed by atoms with E-state index in [0.29, 0.717) is 6.61 Å². The van der Waals surface area contributed by atoms with Gasteiger partial charge in [0, 0.05) is 22.0 Å². The van der Waals surface area contributed by atoms with Gasteiger partial charge in [-0.05, 0) is 24.7 Å². The fourth-order valence-corrected chi connectivity index (χ4v) is 2.50. The third-order valence-corrected chi connectivity index (χ3v) is 3.58. The lowest BCUT2D eigenvalue weighted by Gasteiger charge is -2.11. The molecule has 0 aliphatic rings. The van der Waals surface area contributed by atoms with Crippen molar-refractivity contribution in [2.75, 3.05) is 6.54 Å². The number of hydrogen-bond donors (Lipinski definition) is 1. The molecule has 96 valence electrons. The number of nitrogens with one attached hydrogen (secondary N) is 1. The van der Waals surface area contributed by atoms with Gasteiger partial charge < -0.3 is 10.1 Å². The van der Waals surface area contributed by atoms with E-state index in [1.165, 1.54) is 0 Å². The van der Waals surface area contributed by atoms with Gasteiger partial charge in [0.2, 0.25) is 0 Å². The lowest BCUT2D eigenvalue weighted by molar-refractivity contribution is 0.298. The van der Waals surface area contributed by atoms with Crippen molar-refractivity contribution < 1.29 is 4.74 Å². The van der Waals surface area contributed by atoms with Gasteiger partial charge in [0.25, 0.3) is 0 Å². The van der Waals surface area contributed by atoms with Crippen LogP contribution in [-0.4, -0.2) is 11.5 Å². The number of nitrogens with zero attached hydrogens (tertiary/aromatic N) is 1. The molecule has 0 unspecified atom stereocenters. The van der Waals surface area contributed by atoms with Crippen LogP contribution in [0.2, 0.25) is 0 Å². The van der Waals surface area contributed by atoms with Gasteiger partial charge in [-0.25, -0.2) is 4.98 Å². The molecule has 1 aromatic heterocycles. The van der Waals surface area contributed by atoms with Crippen molar-refractivity contribution in [3.8, 4) is 5.75 Å². The molecule has 5 heteroatoms. The number of hydrogen-bond acceptors (Lipinski definition) is 4. The summed E-state index contributed by atoms with van der Waals surface area (Å²) in [6, 6.07) is 6.06. The van der Waals surface area contributed by atoms with Gasteiger partial charge in [0.15, 0.2) is 0 Å². The van der Waals surface area contributed by atoms with Gasteiger partial charge in [0.05, 0.1) is 11.2 Å². The molecule has 0 atom stereocenters. The van der Waals surface area contributed by atoms with E-state index in [9.17, 15) is 0 Å². The molecule has 0 saturated heterocycles. The highest BCUT2D eigenvalue weighted by molar-refractivity contribution is 9.10. The molecule has 0 bridgehead atoms. The molecule has 18 heavy (non-hydrogen) atoms. The van der Waals surface area contributed by atoms with E-state index in [0.717, 1.165) is 34.6 Å². The maximum atomic E-state index is 5.82. The molecular weight excluding hydrogens is 312 g/mol. The Hall–Kier alpha value is -0.910. The number of halogens is 1. The lowest BCUT2D eigenvalue weighted by atomic mass is 10.2. The van der Waals surface area contributed by atoms with E-state index in [2.05, 4.69) is 39.2 Å². The summed E-state index contributed by atoms with van der Waals surface area (Å²) in [6.45, 7) is 4.36. The van der Waals surface area contributed by atoms with Crippen LogP contribution in [0.25, 0.3) is 0 Å². The van der Waals surface area contributed by atoms with Crippen molar-refractivity contribution >= 4 is 27.3 Å². The van der Waals surface area contributed by atoms with E-state index in [1.54, 1.807) is 11.3 Å². The highest BCUT2D eigenvalue weighted by Crippen LogP contribution is 2.24. The fraction of sp³-hybridized carbons (Fsp3) is 0.308. The second-order valence-corrected chi connectivity index (χ2v) is 5.44. The zero-order valence-electron chi connectivity index (χ0n) is 10.1. The van der Waals surface area contributed by atoms with E-state index >= 15 is 0 Å².